The van der Waals surface area contributed by atoms with Crippen molar-refractivity contribution < 1.29 is 23.3 Å². The van der Waals surface area contributed by atoms with Crippen LogP contribution in [0.15, 0.2) is 22.3 Å². The predicted octanol–water partition coefficient (Wildman–Crippen LogP) is 3.70. The summed E-state index contributed by atoms with van der Waals surface area (Å²) < 4.78 is 4.58. The Morgan fingerprint density at radius 2 is 1.62 bits per heavy atom. The number of hydrogen-bond acceptors (Lipinski definition) is 2. The molecule has 21 heavy (non-hydrogen) atoms. The second-order valence-corrected chi connectivity index (χ2v) is 18.7. The molecule has 2 N–H and O–H groups in total. The van der Waals surface area contributed by atoms with Crippen LogP contribution in [0.5, 0.6) is 0 Å². The Morgan fingerprint density at radius 3 is 2.14 bits per heavy atom. The average molecular weight is 368 g/mol. The van der Waals surface area contributed by atoms with Crippen molar-refractivity contribution in [3.63, 3.8) is 0 Å². The molecule has 4 nitrogen and oxygen atoms in total. The molecule has 2 amide bonds. The SMILES string of the molecule is CC1=C(C)[C](C)([Ti]([Cl])([Cl])([NH]C=O)[NH]C=O)C2=C1CCCC2. The van der Waals surface area contributed by atoms with Gasteiger partial charge in [-0.3, -0.25) is 0 Å². The van der Waals surface area contributed by atoms with E-state index in [1.807, 2.05) is 13.8 Å². The molecule has 2 rings (SSSR count). The molecule has 1 atom stereocenters. The van der Waals surface area contributed by atoms with E-state index in [0.29, 0.717) is 12.8 Å². The van der Waals surface area contributed by atoms with E-state index in [4.69, 9.17) is 18.6 Å². The van der Waals surface area contributed by atoms with E-state index in [0.717, 1.165) is 31.3 Å². The summed E-state index contributed by atoms with van der Waals surface area (Å²) in [6, 6.07) is 0. The third kappa shape index (κ3) is 2.23. The van der Waals surface area contributed by atoms with Gasteiger partial charge in [0.05, 0.1) is 0 Å². The van der Waals surface area contributed by atoms with Crippen LogP contribution in [0.1, 0.15) is 46.5 Å². The van der Waals surface area contributed by atoms with Gasteiger partial charge in [-0.1, -0.05) is 0 Å². The van der Waals surface area contributed by atoms with Gasteiger partial charge in [0.1, 0.15) is 0 Å². The minimum atomic E-state index is -4.87. The van der Waals surface area contributed by atoms with Crippen LogP contribution in [0.3, 0.4) is 0 Å². The molecule has 1 unspecified atom stereocenters. The van der Waals surface area contributed by atoms with Crippen LogP contribution in [-0.4, -0.2) is 12.8 Å². The van der Waals surface area contributed by atoms with Crippen LogP contribution in [0, 0.1) is 0 Å². The van der Waals surface area contributed by atoms with Crippen LogP contribution < -0.4 is 7.60 Å². The Hall–Kier alpha value is -0.286. The van der Waals surface area contributed by atoms with E-state index in [2.05, 4.69) is 14.5 Å². The molecule has 0 spiro atoms. The Balaban J connectivity index is 2.71. The zero-order valence-corrected chi connectivity index (χ0v) is 15.6. The molecule has 117 valence electrons. The number of nitrogens with one attached hydrogen (secondary N) is 2. The quantitative estimate of drug-likeness (QED) is 0.574. The monoisotopic (exact) mass is 367 g/mol. The summed E-state index contributed by atoms with van der Waals surface area (Å²) in [6.07, 6.45) is 5.14. The van der Waals surface area contributed by atoms with Crippen molar-refractivity contribution in [1.82, 2.24) is 7.60 Å². The van der Waals surface area contributed by atoms with Crippen LogP contribution in [0.25, 0.3) is 0 Å². The summed E-state index contributed by atoms with van der Waals surface area (Å²) in [5.41, 5.74) is 4.75. The van der Waals surface area contributed by atoms with Gasteiger partial charge >= 0.3 is 135 Å². The zero-order valence-electron chi connectivity index (χ0n) is 12.6. The van der Waals surface area contributed by atoms with Gasteiger partial charge in [0, 0.05) is 0 Å². The van der Waals surface area contributed by atoms with Gasteiger partial charge in [0.25, 0.3) is 0 Å². The fourth-order valence-electron chi connectivity index (χ4n) is 3.83. The van der Waals surface area contributed by atoms with Crippen molar-refractivity contribution in [2.45, 2.75) is 50.2 Å². The van der Waals surface area contributed by atoms with Gasteiger partial charge in [0.2, 0.25) is 0 Å². The molecule has 2 aliphatic rings. The maximum atomic E-state index is 11.1. The Kier molecular flexibility index (Phi) is 4.40. The molecule has 0 saturated carbocycles. The molecular weight excluding hydrogens is 347 g/mol. The number of hydrogen-bond donors (Lipinski definition) is 2. The van der Waals surface area contributed by atoms with E-state index >= 15 is 0 Å². The van der Waals surface area contributed by atoms with E-state index < -0.39 is 17.4 Å². The third-order valence-corrected chi connectivity index (χ3v) is 16.0. The molecule has 0 radical (unpaired) electrons. The molecule has 7 heteroatoms. The number of amides is 2. The molecule has 0 aliphatic heterocycles. The Bertz CT molecular complexity index is 557. The van der Waals surface area contributed by atoms with E-state index in [1.165, 1.54) is 16.7 Å². The third-order valence-electron chi connectivity index (χ3n) is 5.34. The number of carbonyl (C=O) groups excluding carboxylic acids is 2. The Labute approximate surface area is 134 Å². The van der Waals surface area contributed by atoms with Crippen LogP contribution in [0.2, 0.25) is 3.72 Å². The summed E-state index contributed by atoms with van der Waals surface area (Å²) in [4.78, 5) is 22.3. The number of carbonyl (C=O) groups is 2. The average Bonchev–Trinajstić information content (AvgIpc) is 2.63. The van der Waals surface area contributed by atoms with Crippen molar-refractivity contribution >= 4 is 31.4 Å². The van der Waals surface area contributed by atoms with Crippen LogP contribution >= 0.6 is 18.6 Å². The first-order valence-corrected chi connectivity index (χ1v) is 13.8. The van der Waals surface area contributed by atoms with Gasteiger partial charge in [-0.15, -0.1) is 0 Å². The van der Waals surface area contributed by atoms with Crippen molar-refractivity contribution in [2.75, 3.05) is 0 Å². The van der Waals surface area contributed by atoms with Gasteiger partial charge in [-0.2, -0.15) is 0 Å². The van der Waals surface area contributed by atoms with Crippen molar-refractivity contribution in [2.24, 2.45) is 0 Å². The van der Waals surface area contributed by atoms with Crippen molar-refractivity contribution in [3.05, 3.63) is 22.3 Å². The van der Waals surface area contributed by atoms with Crippen LogP contribution in [-0.2, 0) is 23.3 Å². The van der Waals surface area contributed by atoms with Crippen LogP contribution in [0.4, 0.5) is 0 Å². The van der Waals surface area contributed by atoms with Gasteiger partial charge in [-0.05, 0) is 0 Å². The number of allylic oxidation sites excluding steroid dienone is 4. The molecule has 0 aromatic carbocycles. The fraction of sp³-hybridized carbons (Fsp3) is 0.571. The summed E-state index contributed by atoms with van der Waals surface area (Å²) in [6.45, 7) is 6.04. The first kappa shape index (κ1) is 17.1. The first-order valence-electron chi connectivity index (χ1n) is 7.13. The standard InChI is InChI=1S/C12H17.2CH3NO.2ClH.Ti/c1-8-9(2)11-6-4-5-7-12(11)10(8)3;2*2-1-3;;;/h4-7H2,1-3H3;2*1H,(H2,2,3);2*1H;/q;;;;;+4/p-4. The molecule has 0 bridgehead atoms. The molecule has 0 fully saturated rings. The van der Waals surface area contributed by atoms with Crippen molar-refractivity contribution in [3.8, 4) is 0 Å². The molecule has 0 aromatic rings. The predicted molar refractivity (Wildman–Crippen MR) is 82.3 cm³/mol. The van der Waals surface area contributed by atoms with E-state index in [9.17, 15) is 9.59 Å². The summed E-state index contributed by atoms with van der Waals surface area (Å²) in [5.74, 6) is 0. The second kappa shape index (κ2) is 5.41. The summed E-state index contributed by atoms with van der Waals surface area (Å²) in [7, 11) is 13.7. The normalized spacial score (nSPS) is 27.8. The van der Waals surface area contributed by atoms with Gasteiger partial charge in [0.15, 0.2) is 0 Å². The van der Waals surface area contributed by atoms with Crippen molar-refractivity contribution in [1.29, 1.82) is 0 Å². The minimum absolute atomic E-state index is 0.503. The molecule has 0 heterocycles. The summed E-state index contributed by atoms with van der Waals surface area (Å²) >= 11 is -4.87. The fourth-order valence-corrected chi connectivity index (χ4v) is 10.9. The topological polar surface area (TPSA) is 58.2 Å². The molecule has 2 aliphatic carbocycles. The Morgan fingerprint density at radius 1 is 1.10 bits per heavy atom. The van der Waals surface area contributed by atoms with E-state index in [-0.39, 0.29) is 0 Å². The van der Waals surface area contributed by atoms with Gasteiger partial charge < -0.3 is 0 Å². The zero-order chi connectivity index (χ0) is 15.9. The number of rotatable bonds is 5. The summed E-state index contributed by atoms with van der Waals surface area (Å²) in [5, 5.41) is 0. The molecule has 0 saturated heterocycles. The number of halogens is 2. The van der Waals surface area contributed by atoms with E-state index in [1.54, 1.807) is 0 Å². The first-order chi connectivity index (χ1) is 9.71. The maximum absolute atomic E-state index is 11.1. The molecule has 0 aromatic heterocycles. The molecular formula is C14H21Cl2N2O2Ti. The van der Waals surface area contributed by atoms with Gasteiger partial charge in [-0.25, -0.2) is 0 Å². The second-order valence-electron chi connectivity index (χ2n) is 6.08.